The molecule has 0 unspecified atom stereocenters. The van der Waals surface area contributed by atoms with Crippen molar-refractivity contribution in [1.29, 1.82) is 0 Å². The van der Waals surface area contributed by atoms with Gasteiger partial charge < -0.3 is 10.4 Å². The Hall–Kier alpha value is -0.0800. The molecule has 0 aromatic carbocycles. The molecule has 2 heteroatoms. The van der Waals surface area contributed by atoms with E-state index in [2.05, 4.69) is 12.2 Å². The Bertz CT molecular complexity index is 178. The first-order valence-corrected chi connectivity index (χ1v) is 7.64. The molecule has 1 aliphatic rings. The molecule has 0 radical (unpaired) electrons. The zero-order valence-corrected chi connectivity index (χ0v) is 11.6. The molecule has 2 nitrogen and oxygen atoms in total. The van der Waals surface area contributed by atoms with Crippen LogP contribution in [-0.4, -0.2) is 24.8 Å². The van der Waals surface area contributed by atoms with Gasteiger partial charge in [-0.2, -0.15) is 0 Å². The Morgan fingerprint density at radius 3 is 2.06 bits per heavy atom. The Balaban J connectivity index is 1.73. The van der Waals surface area contributed by atoms with Crippen LogP contribution in [0.15, 0.2) is 0 Å². The van der Waals surface area contributed by atoms with Gasteiger partial charge in [0, 0.05) is 18.6 Å². The molecule has 0 atom stereocenters. The lowest BCUT2D eigenvalue weighted by Gasteiger charge is -2.12. The van der Waals surface area contributed by atoms with Crippen LogP contribution in [0.5, 0.6) is 0 Å². The van der Waals surface area contributed by atoms with Crippen molar-refractivity contribution >= 4 is 0 Å². The van der Waals surface area contributed by atoms with Crippen molar-refractivity contribution in [2.24, 2.45) is 5.41 Å². The summed E-state index contributed by atoms with van der Waals surface area (Å²) in [7, 11) is 0. The third-order valence-electron chi connectivity index (χ3n) is 4.00. The summed E-state index contributed by atoms with van der Waals surface area (Å²) in [6.45, 7) is 4.80. The fourth-order valence-electron chi connectivity index (χ4n) is 2.31. The topological polar surface area (TPSA) is 32.3 Å². The quantitative estimate of drug-likeness (QED) is 0.513. The maximum atomic E-state index is 9.16. The van der Waals surface area contributed by atoms with E-state index in [1.807, 2.05) is 0 Å². The van der Waals surface area contributed by atoms with Gasteiger partial charge in [0.2, 0.25) is 0 Å². The summed E-state index contributed by atoms with van der Waals surface area (Å²) in [6, 6.07) is 0. The van der Waals surface area contributed by atoms with Crippen LogP contribution >= 0.6 is 0 Å². The Kier molecular flexibility index (Phi) is 7.87. The number of hydrogen-bond donors (Lipinski definition) is 2. The van der Waals surface area contributed by atoms with Crippen LogP contribution in [0.25, 0.3) is 0 Å². The molecule has 1 saturated carbocycles. The molecule has 0 aromatic heterocycles. The monoisotopic (exact) mass is 241 g/mol. The van der Waals surface area contributed by atoms with E-state index in [9.17, 15) is 0 Å². The summed E-state index contributed by atoms with van der Waals surface area (Å²) in [6.07, 6.45) is 13.5. The number of aliphatic hydroxyl groups excluding tert-OH is 1. The molecular weight excluding hydrogens is 210 g/mol. The maximum absolute atomic E-state index is 9.16. The van der Waals surface area contributed by atoms with Crippen molar-refractivity contribution in [1.82, 2.24) is 5.32 Å². The second-order valence-electron chi connectivity index (χ2n) is 5.81. The van der Waals surface area contributed by atoms with Crippen molar-refractivity contribution < 1.29 is 5.11 Å². The summed E-state index contributed by atoms with van der Waals surface area (Å²) >= 11 is 0. The third-order valence-corrected chi connectivity index (χ3v) is 4.00. The van der Waals surface area contributed by atoms with E-state index in [1.165, 1.54) is 64.2 Å². The van der Waals surface area contributed by atoms with Gasteiger partial charge in [0.15, 0.2) is 0 Å². The van der Waals surface area contributed by atoms with Gasteiger partial charge in [0.1, 0.15) is 0 Å². The highest BCUT2D eigenvalue weighted by molar-refractivity contribution is 4.94. The van der Waals surface area contributed by atoms with Crippen LogP contribution in [0.1, 0.15) is 71.1 Å². The normalized spacial score (nSPS) is 17.3. The lowest BCUT2D eigenvalue weighted by atomic mass is 10.1. The molecule has 0 heterocycles. The third kappa shape index (κ3) is 7.05. The fraction of sp³-hybridized carbons (Fsp3) is 1.00. The molecule has 2 N–H and O–H groups in total. The van der Waals surface area contributed by atoms with Crippen molar-refractivity contribution in [3.8, 4) is 0 Å². The van der Waals surface area contributed by atoms with Crippen molar-refractivity contribution in [2.45, 2.75) is 71.1 Å². The Morgan fingerprint density at radius 1 is 0.941 bits per heavy atom. The molecule has 0 aliphatic heterocycles. The van der Waals surface area contributed by atoms with Gasteiger partial charge in [-0.25, -0.2) is 0 Å². The van der Waals surface area contributed by atoms with Gasteiger partial charge in [-0.1, -0.05) is 51.9 Å². The number of unbranched alkanes of at least 4 members (excludes halogenated alkanes) is 7. The van der Waals surface area contributed by atoms with Crippen molar-refractivity contribution in [2.75, 3.05) is 19.7 Å². The van der Waals surface area contributed by atoms with Crippen molar-refractivity contribution in [3.05, 3.63) is 0 Å². The molecule has 0 bridgehead atoms. The van der Waals surface area contributed by atoms with Crippen LogP contribution in [0.3, 0.4) is 0 Å². The van der Waals surface area contributed by atoms with E-state index in [0.717, 1.165) is 13.1 Å². The molecule has 102 valence electrons. The van der Waals surface area contributed by atoms with Crippen molar-refractivity contribution in [3.63, 3.8) is 0 Å². The van der Waals surface area contributed by atoms with Crippen LogP contribution in [0, 0.1) is 5.41 Å². The maximum Gasteiger partial charge on any atom is 0.0499 e. The standard InChI is InChI=1S/C15H31NO/c1-2-3-4-5-6-7-8-9-12-16-13-15(14-17)10-11-15/h16-17H,2-14H2,1H3. The average molecular weight is 241 g/mol. The highest BCUT2D eigenvalue weighted by Gasteiger charge is 2.41. The van der Waals surface area contributed by atoms with Crippen LogP contribution in [-0.2, 0) is 0 Å². The van der Waals surface area contributed by atoms with Gasteiger partial charge in [-0.05, 0) is 25.8 Å². The summed E-state index contributed by atoms with van der Waals surface area (Å²) in [5.74, 6) is 0. The summed E-state index contributed by atoms with van der Waals surface area (Å²) in [4.78, 5) is 0. The number of nitrogens with one attached hydrogen (secondary N) is 1. The summed E-state index contributed by atoms with van der Waals surface area (Å²) < 4.78 is 0. The van der Waals surface area contributed by atoms with E-state index in [1.54, 1.807) is 0 Å². The van der Waals surface area contributed by atoms with Gasteiger partial charge in [0.05, 0.1) is 0 Å². The van der Waals surface area contributed by atoms with Gasteiger partial charge >= 0.3 is 0 Å². The van der Waals surface area contributed by atoms with E-state index in [-0.39, 0.29) is 5.41 Å². The van der Waals surface area contributed by atoms with E-state index in [4.69, 9.17) is 5.11 Å². The lowest BCUT2D eigenvalue weighted by Crippen LogP contribution is -2.27. The zero-order valence-electron chi connectivity index (χ0n) is 11.6. The van der Waals surface area contributed by atoms with Gasteiger partial charge in [-0.3, -0.25) is 0 Å². The molecule has 1 rings (SSSR count). The smallest absolute Gasteiger partial charge is 0.0499 e. The van der Waals surface area contributed by atoms with E-state index >= 15 is 0 Å². The molecule has 0 amide bonds. The average Bonchev–Trinajstić information content (AvgIpc) is 3.12. The fourth-order valence-corrected chi connectivity index (χ4v) is 2.31. The molecule has 1 aliphatic carbocycles. The molecule has 0 spiro atoms. The zero-order chi connectivity index (χ0) is 12.4. The second kappa shape index (κ2) is 8.93. The predicted octanol–water partition coefficient (Wildman–Crippen LogP) is 3.49. The first-order chi connectivity index (χ1) is 8.33. The second-order valence-corrected chi connectivity index (χ2v) is 5.81. The molecular formula is C15H31NO. The van der Waals surface area contributed by atoms with Gasteiger partial charge in [0.25, 0.3) is 0 Å². The minimum absolute atomic E-state index is 0.278. The molecule has 17 heavy (non-hydrogen) atoms. The number of rotatable bonds is 12. The highest BCUT2D eigenvalue weighted by atomic mass is 16.3. The first kappa shape index (κ1) is 15.0. The molecule has 0 saturated heterocycles. The van der Waals surface area contributed by atoms with Crippen LogP contribution in [0.4, 0.5) is 0 Å². The Labute approximate surface area is 107 Å². The Morgan fingerprint density at radius 2 is 1.53 bits per heavy atom. The van der Waals surface area contributed by atoms with Crippen LogP contribution < -0.4 is 5.32 Å². The molecule has 1 fully saturated rings. The molecule has 0 aromatic rings. The van der Waals surface area contributed by atoms with E-state index in [0.29, 0.717) is 6.61 Å². The van der Waals surface area contributed by atoms with E-state index < -0.39 is 0 Å². The largest absolute Gasteiger partial charge is 0.396 e. The minimum Gasteiger partial charge on any atom is -0.396 e. The summed E-state index contributed by atoms with van der Waals surface area (Å²) in [5, 5.41) is 12.7. The summed E-state index contributed by atoms with van der Waals surface area (Å²) in [5.41, 5.74) is 0.278. The first-order valence-electron chi connectivity index (χ1n) is 7.64. The van der Waals surface area contributed by atoms with Crippen LogP contribution in [0.2, 0.25) is 0 Å². The highest BCUT2D eigenvalue weighted by Crippen LogP contribution is 2.44. The predicted molar refractivity (Wildman–Crippen MR) is 74.2 cm³/mol. The van der Waals surface area contributed by atoms with Gasteiger partial charge in [-0.15, -0.1) is 0 Å². The lowest BCUT2D eigenvalue weighted by molar-refractivity contribution is 0.208. The SMILES string of the molecule is CCCCCCCCCCNCC1(CO)CC1. The number of aliphatic hydroxyl groups is 1. The minimum atomic E-state index is 0.278. The number of hydrogen-bond acceptors (Lipinski definition) is 2.